The van der Waals surface area contributed by atoms with Gasteiger partial charge in [-0.3, -0.25) is 0 Å². The van der Waals surface area contributed by atoms with Crippen molar-refractivity contribution in [3.8, 4) is 0 Å². The molecule has 0 bridgehead atoms. The highest BCUT2D eigenvalue weighted by Crippen LogP contribution is 2.26. The first-order valence-electron chi connectivity index (χ1n) is 5.66. The van der Waals surface area contributed by atoms with Gasteiger partial charge in [0.05, 0.1) is 18.1 Å². The number of hydrogen-bond acceptors (Lipinski definition) is 2. The van der Waals surface area contributed by atoms with Gasteiger partial charge in [-0.1, -0.05) is 29.8 Å². The van der Waals surface area contributed by atoms with E-state index in [1.807, 2.05) is 0 Å². The fourth-order valence-electron chi connectivity index (χ4n) is 2.25. The average Bonchev–Trinajstić information content (AvgIpc) is 2.78. The second-order valence-electron chi connectivity index (χ2n) is 4.31. The maximum Gasteiger partial charge on any atom is 0.0926 e. The monoisotopic (exact) mass is 213 g/mol. The van der Waals surface area contributed by atoms with Gasteiger partial charge in [-0.15, -0.1) is 0 Å². The summed E-state index contributed by atoms with van der Waals surface area (Å²) in [4.78, 5) is 7.64. The van der Waals surface area contributed by atoms with E-state index in [1.165, 1.54) is 16.8 Å². The van der Waals surface area contributed by atoms with E-state index in [-0.39, 0.29) is 6.04 Å². The van der Waals surface area contributed by atoms with Crippen LogP contribution in [0.5, 0.6) is 0 Å². The van der Waals surface area contributed by atoms with E-state index in [4.69, 9.17) is 0 Å². The molecule has 0 saturated carbocycles. The van der Waals surface area contributed by atoms with Gasteiger partial charge in [0, 0.05) is 18.7 Å². The van der Waals surface area contributed by atoms with Crippen LogP contribution in [-0.2, 0) is 6.42 Å². The molecule has 2 heterocycles. The van der Waals surface area contributed by atoms with Gasteiger partial charge >= 0.3 is 0 Å². The largest absolute Gasteiger partial charge is 0.348 e. The Labute approximate surface area is 94.9 Å². The van der Waals surface area contributed by atoms with Crippen molar-refractivity contribution in [3.63, 3.8) is 0 Å². The zero-order chi connectivity index (χ0) is 11.0. The van der Waals surface area contributed by atoms with Crippen LogP contribution in [-0.4, -0.2) is 16.5 Å². The third-order valence-corrected chi connectivity index (χ3v) is 3.16. The fraction of sp³-hybridized carbons (Fsp3) is 0.308. The summed E-state index contributed by atoms with van der Waals surface area (Å²) in [6.07, 6.45) is 2.83. The summed E-state index contributed by atoms with van der Waals surface area (Å²) in [7, 11) is 0. The number of aromatic amines is 1. The van der Waals surface area contributed by atoms with E-state index in [0.29, 0.717) is 0 Å². The molecule has 1 unspecified atom stereocenters. The van der Waals surface area contributed by atoms with Crippen molar-refractivity contribution in [1.29, 1.82) is 0 Å². The molecule has 16 heavy (non-hydrogen) atoms. The first kappa shape index (κ1) is 9.60. The number of rotatable bonds is 1. The molecule has 0 spiro atoms. The van der Waals surface area contributed by atoms with Gasteiger partial charge in [0.2, 0.25) is 0 Å². The predicted molar refractivity (Wildman–Crippen MR) is 63.3 cm³/mol. The summed E-state index contributed by atoms with van der Waals surface area (Å²) in [6.45, 7) is 3.12. The molecule has 1 aromatic carbocycles. The number of fused-ring (bicyclic) bond motifs is 1. The summed E-state index contributed by atoms with van der Waals surface area (Å²) >= 11 is 0. The van der Waals surface area contributed by atoms with Crippen LogP contribution in [0.25, 0.3) is 0 Å². The lowest BCUT2D eigenvalue weighted by atomic mass is 9.97. The molecule has 3 heteroatoms. The Morgan fingerprint density at radius 3 is 2.88 bits per heavy atom. The highest BCUT2D eigenvalue weighted by Gasteiger charge is 2.23. The lowest BCUT2D eigenvalue weighted by Crippen LogP contribution is -2.30. The third-order valence-electron chi connectivity index (χ3n) is 3.16. The second-order valence-corrected chi connectivity index (χ2v) is 4.31. The molecule has 0 fully saturated rings. The smallest absolute Gasteiger partial charge is 0.0926 e. The molecular weight excluding hydrogens is 198 g/mol. The number of hydrogen-bond donors (Lipinski definition) is 2. The molecule has 3 rings (SSSR count). The molecule has 2 aromatic rings. The van der Waals surface area contributed by atoms with Crippen LogP contribution in [0, 0.1) is 6.92 Å². The number of benzene rings is 1. The minimum atomic E-state index is 0.246. The van der Waals surface area contributed by atoms with E-state index < -0.39 is 0 Å². The first-order chi connectivity index (χ1) is 7.84. The fourth-order valence-corrected chi connectivity index (χ4v) is 2.25. The molecular formula is C13H15N3. The minimum Gasteiger partial charge on any atom is -0.348 e. The van der Waals surface area contributed by atoms with E-state index in [0.717, 1.165) is 18.7 Å². The number of aromatic nitrogens is 2. The van der Waals surface area contributed by atoms with E-state index in [1.54, 1.807) is 6.33 Å². The molecule has 1 aromatic heterocycles. The predicted octanol–water partition coefficient (Wildman–Crippen LogP) is 1.95. The second kappa shape index (κ2) is 3.76. The highest BCUT2D eigenvalue weighted by molar-refractivity contribution is 5.33. The Kier molecular flexibility index (Phi) is 2.26. The van der Waals surface area contributed by atoms with E-state index in [2.05, 4.69) is 46.5 Å². The quantitative estimate of drug-likeness (QED) is 0.760. The highest BCUT2D eigenvalue weighted by atomic mass is 15.0. The maximum absolute atomic E-state index is 4.42. The van der Waals surface area contributed by atoms with Crippen LogP contribution in [0.4, 0.5) is 0 Å². The van der Waals surface area contributed by atoms with Gasteiger partial charge in [-0.05, 0) is 12.5 Å². The lowest BCUT2D eigenvalue weighted by molar-refractivity contribution is 0.553. The van der Waals surface area contributed by atoms with Crippen molar-refractivity contribution in [2.75, 3.05) is 6.54 Å². The summed E-state index contributed by atoms with van der Waals surface area (Å²) in [6, 6.07) is 8.90. The van der Waals surface area contributed by atoms with E-state index >= 15 is 0 Å². The molecule has 1 aliphatic heterocycles. The molecule has 1 atom stereocenters. The van der Waals surface area contributed by atoms with Gasteiger partial charge in [-0.25, -0.2) is 4.98 Å². The standard InChI is InChI=1S/C13H15N3/c1-9-2-4-10(5-3-9)12-13-11(6-7-14-12)15-8-16-13/h2-5,8,12,14H,6-7H2,1H3,(H,15,16). The number of H-pyrrole nitrogens is 1. The molecule has 1 aliphatic rings. The molecule has 0 amide bonds. The normalized spacial score (nSPS) is 19.4. The summed E-state index contributed by atoms with van der Waals surface area (Å²) < 4.78 is 0. The number of aryl methyl sites for hydroxylation is 1. The van der Waals surface area contributed by atoms with Crippen LogP contribution in [0.15, 0.2) is 30.6 Å². The van der Waals surface area contributed by atoms with Crippen molar-refractivity contribution in [3.05, 3.63) is 53.1 Å². The van der Waals surface area contributed by atoms with Gasteiger partial charge < -0.3 is 10.3 Å². The molecule has 0 saturated heterocycles. The Balaban J connectivity index is 2.00. The zero-order valence-electron chi connectivity index (χ0n) is 9.33. The molecule has 3 nitrogen and oxygen atoms in total. The number of nitrogens with zero attached hydrogens (tertiary/aromatic N) is 1. The Morgan fingerprint density at radius 2 is 2.06 bits per heavy atom. The van der Waals surface area contributed by atoms with E-state index in [9.17, 15) is 0 Å². The topological polar surface area (TPSA) is 40.7 Å². The zero-order valence-corrected chi connectivity index (χ0v) is 9.33. The first-order valence-corrected chi connectivity index (χ1v) is 5.66. The molecule has 82 valence electrons. The Morgan fingerprint density at radius 1 is 1.25 bits per heavy atom. The average molecular weight is 213 g/mol. The minimum absolute atomic E-state index is 0.246. The lowest BCUT2D eigenvalue weighted by Gasteiger charge is -2.23. The molecule has 2 N–H and O–H groups in total. The van der Waals surface area contributed by atoms with Crippen molar-refractivity contribution in [2.45, 2.75) is 19.4 Å². The van der Waals surface area contributed by atoms with Gasteiger partial charge in [0.1, 0.15) is 0 Å². The van der Waals surface area contributed by atoms with Crippen LogP contribution >= 0.6 is 0 Å². The van der Waals surface area contributed by atoms with Crippen molar-refractivity contribution >= 4 is 0 Å². The van der Waals surface area contributed by atoms with Crippen LogP contribution in [0.3, 0.4) is 0 Å². The molecule has 0 aliphatic carbocycles. The van der Waals surface area contributed by atoms with Gasteiger partial charge in [-0.2, -0.15) is 0 Å². The van der Waals surface area contributed by atoms with Crippen molar-refractivity contribution in [2.24, 2.45) is 0 Å². The third kappa shape index (κ3) is 1.53. The SMILES string of the molecule is Cc1ccc(C2NCCc3[nH]cnc32)cc1. The van der Waals surface area contributed by atoms with Crippen molar-refractivity contribution in [1.82, 2.24) is 15.3 Å². The number of nitrogens with one attached hydrogen (secondary N) is 2. The Bertz CT molecular complexity index is 484. The van der Waals surface area contributed by atoms with Crippen LogP contribution in [0.2, 0.25) is 0 Å². The van der Waals surface area contributed by atoms with Crippen LogP contribution < -0.4 is 5.32 Å². The maximum atomic E-state index is 4.42. The van der Waals surface area contributed by atoms with Gasteiger partial charge in [0.15, 0.2) is 0 Å². The van der Waals surface area contributed by atoms with Gasteiger partial charge in [0.25, 0.3) is 0 Å². The summed E-state index contributed by atoms with van der Waals surface area (Å²) in [5, 5.41) is 3.51. The molecule has 0 radical (unpaired) electrons. The van der Waals surface area contributed by atoms with Crippen LogP contribution in [0.1, 0.15) is 28.6 Å². The Hall–Kier alpha value is -1.61. The number of imidazole rings is 1. The van der Waals surface area contributed by atoms with Crippen molar-refractivity contribution < 1.29 is 0 Å². The summed E-state index contributed by atoms with van der Waals surface area (Å²) in [5.74, 6) is 0. The summed E-state index contributed by atoms with van der Waals surface area (Å²) in [5.41, 5.74) is 5.00.